The van der Waals surface area contributed by atoms with Gasteiger partial charge in [-0.15, -0.1) is 0 Å². The fraction of sp³-hybridized carbons (Fsp3) is 0.111. The number of nitrogens with zero attached hydrogens (tertiary/aromatic N) is 2. The summed E-state index contributed by atoms with van der Waals surface area (Å²) in [4.78, 5) is 24.4. The molecule has 0 aliphatic heterocycles. The number of nitrogens with one attached hydrogen (secondary N) is 3. The Kier molecular flexibility index (Phi) is 6.73. The lowest BCUT2D eigenvalue weighted by Crippen LogP contribution is -2.39. The molecule has 0 saturated carbocycles. The molecule has 7 heteroatoms. The van der Waals surface area contributed by atoms with Gasteiger partial charge in [0.15, 0.2) is 0 Å². The topological polar surface area (TPSA) is 88.1 Å². The molecule has 2 amide bonds. The van der Waals surface area contributed by atoms with Crippen LogP contribution in [0.2, 0.25) is 0 Å². The van der Waals surface area contributed by atoms with E-state index in [0.717, 1.165) is 16.7 Å². The summed E-state index contributed by atoms with van der Waals surface area (Å²) in [6.07, 6.45) is 1.52. The Balaban J connectivity index is 1.88. The number of benzene rings is 3. The maximum atomic E-state index is 12.4. The third-order valence-electron chi connectivity index (χ3n) is 5.61. The van der Waals surface area contributed by atoms with Crippen LogP contribution in [0.3, 0.4) is 0 Å². The van der Waals surface area contributed by atoms with Crippen LogP contribution in [-0.2, 0) is 22.2 Å². The molecule has 3 aromatic carbocycles. The van der Waals surface area contributed by atoms with E-state index in [2.05, 4.69) is 64.4 Å². The maximum Gasteiger partial charge on any atom is 0.313 e. The van der Waals surface area contributed by atoms with Crippen molar-refractivity contribution in [1.29, 1.82) is 0 Å². The molecule has 171 valence electrons. The predicted octanol–water partition coefficient (Wildman–Crippen LogP) is 3.71. The summed E-state index contributed by atoms with van der Waals surface area (Å²) < 4.78 is 1.64. The fourth-order valence-corrected chi connectivity index (χ4v) is 4.01. The molecule has 4 rings (SSSR count). The molecule has 4 aromatic rings. The van der Waals surface area contributed by atoms with Gasteiger partial charge in [-0.3, -0.25) is 14.3 Å². The normalized spacial score (nSPS) is 11.0. The quantitative estimate of drug-likeness (QED) is 0.295. The lowest BCUT2D eigenvalue weighted by Gasteiger charge is -2.38. The second kappa shape index (κ2) is 10.0. The number of rotatable bonds is 7. The van der Waals surface area contributed by atoms with E-state index in [1.807, 2.05) is 54.6 Å². The minimum atomic E-state index is -0.813. The number of aromatic nitrogens is 2. The summed E-state index contributed by atoms with van der Waals surface area (Å²) in [5.41, 5.74) is 2.58. The van der Waals surface area contributed by atoms with Crippen molar-refractivity contribution in [3.05, 3.63) is 121 Å². The molecule has 7 nitrogen and oxygen atoms in total. The number of hydrogen-bond acceptors (Lipinski definition) is 4. The van der Waals surface area contributed by atoms with E-state index >= 15 is 0 Å². The van der Waals surface area contributed by atoms with Crippen LogP contribution in [0.25, 0.3) is 0 Å². The third-order valence-corrected chi connectivity index (χ3v) is 5.61. The zero-order chi connectivity index (χ0) is 24.0. The number of aryl methyl sites for hydroxylation is 1. The Morgan fingerprint density at radius 2 is 1.29 bits per heavy atom. The monoisotopic (exact) mass is 452 g/mol. The molecule has 3 N–H and O–H groups in total. The van der Waals surface area contributed by atoms with Crippen molar-refractivity contribution >= 4 is 23.3 Å². The first kappa shape index (κ1) is 22.8. The number of hydrogen-bond donors (Lipinski definition) is 3. The highest BCUT2D eigenvalue weighted by Crippen LogP contribution is 2.41. The van der Waals surface area contributed by atoms with Crippen LogP contribution in [0.4, 0.5) is 11.5 Å². The van der Waals surface area contributed by atoms with Crippen LogP contribution in [0.5, 0.6) is 0 Å². The van der Waals surface area contributed by atoms with Gasteiger partial charge in [-0.05, 0) is 23.6 Å². The fourth-order valence-electron chi connectivity index (χ4n) is 4.01. The minimum Gasteiger partial charge on any atom is -0.351 e. The number of anilines is 2. The molecule has 1 radical (unpaired) electrons. The number of carbonyl (C=O) groups excluding carboxylic acids is 2. The minimum absolute atomic E-state index is 0.115. The van der Waals surface area contributed by atoms with E-state index in [-0.39, 0.29) is 6.54 Å². The third kappa shape index (κ3) is 4.41. The summed E-state index contributed by atoms with van der Waals surface area (Å²) in [6.45, 7) is 3.66. The zero-order valence-electron chi connectivity index (χ0n) is 18.9. The molecule has 0 aliphatic rings. The van der Waals surface area contributed by atoms with Crippen LogP contribution in [0.15, 0.2) is 97.2 Å². The summed E-state index contributed by atoms with van der Waals surface area (Å²) in [5, 5.41) is 13.1. The first-order valence-corrected chi connectivity index (χ1v) is 10.9. The van der Waals surface area contributed by atoms with Crippen LogP contribution < -0.4 is 16.0 Å². The summed E-state index contributed by atoms with van der Waals surface area (Å²) in [5.74, 6) is -0.998. The van der Waals surface area contributed by atoms with Gasteiger partial charge in [0, 0.05) is 13.6 Å². The SMILES string of the molecule is [CH2]CNC(=O)C(=O)Nc1cnn(C)c1NC(c1ccccc1)(c1ccccc1)c1ccccc1. The Labute approximate surface area is 198 Å². The second-order valence-corrected chi connectivity index (χ2v) is 7.71. The van der Waals surface area contributed by atoms with Crippen molar-refractivity contribution in [2.75, 3.05) is 17.2 Å². The zero-order valence-corrected chi connectivity index (χ0v) is 18.9. The van der Waals surface area contributed by atoms with Gasteiger partial charge < -0.3 is 16.0 Å². The van der Waals surface area contributed by atoms with Crippen molar-refractivity contribution in [3.8, 4) is 0 Å². The van der Waals surface area contributed by atoms with E-state index < -0.39 is 17.4 Å². The molecule has 0 fully saturated rings. The van der Waals surface area contributed by atoms with Crippen LogP contribution in [0, 0.1) is 6.92 Å². The van der Waals surface area contributed by atoms with Crippen molar-refractivity contribution < 1.29 is 9.59 Å². The van der Waals surface area contributed by atoms with Crippen LogP contribution in [0.1, 0.15) is 16.7 Å². The summed E-state index contributed by atoms with van der Waals surface area (Å²) in [6, 6.07) is 30.2. The standard InChI is InChI=1S/C27H26N5O2/c1-3-28-25(33)26(34)30-23-19-29-32(2)24(23)31-27(20-13-7-4-8-14-20,21-15-9-5-10-16-21)22-17-11-6-12-18-22/h4-19,31H,1,3H2,2H3,(H,28,33)(H,30,34). The predicted molar refractivity (Wildman–Crippen MR) is 133 cm³/mol. The Bertz CT molecular complexity index is 1160. The highest BCUT2D eigenvalue weighted by molar-refractivity contribution is 6.39. The van der Waals surface area contributed by atoms with Gasteiger partial charge in [-0.2, -0.15) is 5.10 Å². The van der Waals surface area contributed by atoms with Gasteiger partial charge >= 0.3 is 11.8 Å². The number of carbonyl (C=O) groups is 2. The molecule has 0 spiro atoms. The van der Waals surface area contributed by atoms with Crippen molar-refractivity contribution in [3.63, 3.8) is 0 Å². The van der Waals surface area contributed by atoms with Gasteiger partial charge in [-0.1, -0.05) is 91.0 Å². The first-order chi connectivity index (χ1) is 16.6. The van der Waals surface area contributed by atoms with E-state index in [9.17, 15) is 9.59 Å². The Morgan fingerprint density at radius 3 is 1.74 bits per heavy atom. The highest BCUT2D eigenvalue weighted by atomic mass is 16.2. The maximum absolute atomic E-state index is 12.4. The summed E-state index contributed by atoms with van der Waals surface area (Å²) >= 11 is 0. The average molecular weight is 453 g/mol. The molecule has 0 saturated heterocycles. The Morgan fingerprint density at radius 1 is 0.824 bits per heavy atom. The molecule has 0 aliphatic carbocycles. The molecular weight excluding hydrogens is 426 g/mol. The average Bonchev–Trinajstić information content (AvgIpc) is 3.22. The van der Waals surface area contributed by atoms with E-state index in [0.29, 0.717) is 11.5 Å². The molecule has 1 heterocycles. The van der Waals surface area contributed by atoms with E-state index in [4.69, 9.17) is 0 Å². The molecule has 0 unspecified atom stereocenters. The highest BCUT2D eigenvalue weighted by Gasteiger charge is 2.38. The largest absolute Gasteiger partial charge is 0.351 e. The molecule has 0 atom stereocenters. The van der Waals surface area contributed by atoms with Gasteiger partial charge in [0.2, 0.25) is 0 Å². The smallest absolute Gasteiger partial charge is 0.313 e. The lowest BCUT2D eigenvalue weighted by molar-refractivity contribution is -0.136. The Hall–Kier alpha value is -4.39. The lowest BCUT2D eigenvalue weighted by atomic mass is 9.77. The van der Waals surface area contributed by atoms with Gasteiger partial charge in [0.25, 0.3) is 0 Å². The first-order valence-electron chi connectivity index (χ1n) is 10.9. The van der Waals surface area contributed by atoms with Gasteiger partial charge in [0.05, 0.1) is 6.20 Å². The molecule has 0 bridgehead atoms. The number of amides is 2. The van der Waals surface area contributed by atoms with Gasteiger partial charge in [0.1, 0.15) is 17.0 Å². The van der Waals surface area contributed by atoms with Crippen molar-refractivity contribution in [1.82, 2.24) is 15.1 Å². The van der Waals surface area contributed by atoms with E-state index in [1.54, 1.807) is 11.7 Å². The van der Waals surface area contributed by atoms with Crippen LogP contribution in [-0.4, -0.2) is 28.1 Å². The molecular formula is C27H26N5O2. The van der Waals surface area contributed by atoms with E-state index in [1.165, 1.54) is 6.20 Å². The summed E-state index contributed by atoms with van der Waals surface area (Å²) in [7, 11) is 1.78. The van der Waals surface area contributed by atoms with Crippen LogP contribution >= 0.6 is 0 Å². The second-order valence-electron chi connectivity index (χ2n) is 7.71. The van der Waals surface area contributed by atoms with Gasteiger partial charge in [-0.25, -0.2) is 0 Å². The molecule has 1 aromatic heterocycles. The van der Waals surface area contributed by atoms with Crippen molar-refractivity contribution in [2.24, 2.45) is 7.05 Å². The molecule has 34 heavy (non-hydrogen) atoms. The van der Waals surface area contributed by atoms with Crippen molar-refractivity contribution in [2.45, 2.75) is 5.54 Å².